The van der Waals surface area contributed by atoms with E-state index in [-0.39, 0.29) is 5.91 Å². The molecule has 0 bridgehead atoms. The molecule has 2 aliphatic rings. The predicted octanol–water partition coefficient (Wildman–Crippen LogP) is 0.587. The Morgan fingerprint density at radius 2 is 1.88 bits per heavy atom. The summed E-state index contributed by atoms with van der Waals surface area (Å²) in [6.45, 7) is 1.56. The highest BCUT2D eigenvalue weighted by molar-refractivity contribution is 5.94. The Bertz CT molecular complexity index is 490. The van der Waals surface area contributed by atoms with Gasteiger partial charge in [0.15, 0.2) is 0 Å². The van der Waals surface area contributed by atoms with Crippen molar-refractivity contribution in [3.8, 4) is 6.07 Å². The number of piperidine rings is 1. The maximum Gasteiger partial charge on any atom is 0.253 e. The van der Waals surface area contributed by atoms with Gasteiger partial charge in [0, 0.05) is 24.7 Å². The van der Waals surface area contributed by atoms with Gasteiger partial charge in [-0.05, 0) is 36.1 Å². The van der Waals surface area contributed by atoms with Crippen LogP contribution < -0.4 is 5.73 Å². The number of carbonyl (C=O) groups excluding carboxylic acids is 1. The van der Waals surface area contributed by atoms with Gasteiger partial charge in [-0.1, -0.05) is 0 Å². The van der Waals surface area contributed by atoms with E-state index in [1.54, 1.807) is 24.3 Å². The van der Waals surface area contributed by atoms with E-state index >= 15 is 0 Å². The number of hydrogen-bond acceptors (Lipinski definition) is 3. The highest BCUT2D eigenvalue weighted by Gasteiger charge is 2.54. The van der Waals surface area contributed by atoms with Gasteiger partial charge < -0.3 is 10.6 Å². The van der Waals surface area contributed by atoms with E-state index in [0.29, 0.717) is 29.0 Å². The number of likely N-dealkylation sites (tertiary alicyclic amines) is 1. The second-order valence-corrected chi connectivity index (χ2v) is 4.80. The van der Waals surface area contributed by atoms with E-state index in [1.165, 1.54) is 0 Å². The van der Waals surface area contributed by atoms with Crippen LogP contribution in [0.1, 0.15) is 15.9 Å². The third-order valence-electron chi connectivity index (χ3n) is 3.81. The van der Waals surface area contributed by atoms with Crippen LogP contribution in [0.4, 0.5) is 0 Å². The van der Waals surface area contributed by atoms with Crippen LogP contribution in [-0.4, -0.2) is 29.9 Å². The van der Waals surface area contributed by atoms with Gasteiger partial charge in [0.25, 0.3) is 5.91 Å². The molecule has 2 fully saturated rings. The van der Waals surface area contributed by atoms with Crippen LogP contribution in [0.25, 0.3) is 0 Å². The van der Waals surface area contributed by atoms with Gasteiger partial charge in [-0.15, -0.1) is 0 Å². The van der Waals surface area contributed by atoms with Crippen molar-refractivity contribution >= 4 is 5.91 Å². The molecule has 2 unspecified atom stereocenters. The predicted molar refractivity (Wildman–Crippen MR) is 62.0 cm³/mol. The Kier molecular flexibility index (Phi) is 2.17. The summed E-state index contributed by atoms with van der Waals surface area (Å²) < 4.78 is 0. The number of rotatable bonds is 1. The lowest BCUT2D eigenvalue weighted by Gasteiger charge is -2.19. The van der Waals surface area contributed by atoms with Crippen LogP contribution in [0.5, 0.6) is 0 Å². The van der Waals surface area contributed by atoms with Crippen LogP contribution in [-0.2, 0) is 0 Å². The molecule has 86 valence electrons. The molecular formula is C13H13N3O. The Morgan fingerprint density at radius 1 is 1.29 bits per heavy atom. The molecule has 1 amide bonds. The number of carbonyl (C=O) groups is 1. The lowest BCUT2D eigenvalue weighted by atomic mass is 10.1. The molecular weight excluding hydrogens is 214 g/mol. The lowest BCUT2D eigenvalue weighted by molar-refractivity contribution is 0.0773. The number of amides is 1. The molecule has 0 radical (unpaired) electrons. The van der Waals surface area contributed by atoms with Crippen molar-refractivity contribution in [2.45, 2.75) is 6.04 Å². The van der Waals surface area contributed by atoms with E-state index in [2.05, 4.69) is 0 Å². The second-order valence-electron chi connectivity index (χ2n) is 4.80. The number of nitriles is 1. The van der Waals surface area contributed by atoms with Crippen molar-refractivity contribution < 1.29 is 4.79 Å². The summed E-state index contributed by atoms with van der Waals surface area (Å²) in [7, 11) is 0. The van der Waals surface area contributed by atoms with Gasteiger partial charge in [-0.3, -0.25) is 4.79 Å². The molecule has 4 nitrogen and oxygen atoms in total. The Balaban J connectivity index is 1.72. The Morgan fingerprint density at radius 3 is 2.41 bits per heavy atom. The molecule has 1 saturated carbocycles. The minimum Gasteiger partial charge on any atom is -0.338 e. The first kappa shape index (κ1) is 10.3. The summed E-state index contributed by atoms with van der Waals surface area (Å²) >= 11 is 0. The Labute approximate surface area is 99.6 Å². The van der Waals surface area contributed by atoms with Gasteiger partial charge in [-0.2, -0.15) is 5.26 Å². The number of benzene rings is 1. The minimum atomic E-state index is 0.0499. The monoisotopic (exact) mass is 227 g/mol. The molecule has 0 spiro atoms. The van der Waals surface area contributed by atoms with Crippen molar-refractivity contribution in [3.63, 3.8) is 0 Å². The quantitative estimate of drug-likeness (QED) is 0.763. The summed E-state index contributed by atoms with van der Waals surface area (Å²) in [6.07, 6.45) is 0. The van der Waals surface area contributed by atoms with Crippen molar-refractivity contribution in [2.24, 2.45) is 17.6 Å². The first-order chi connectivity index (χ1) is 8.20. The summed E-state index contributed by atoms with van der Waals surface area (Å²) in [5.41, 5.74) is 7.07. The summed E-state index contributed by atoms with van der Waals surface area (Å²) in [5.74, 6) is 1.07. The maximum absolute atomic E-state index is 12.1. The van der Waals surface area contributed by atoms with Crippen molar-refractivity contribution in [3.05, 3.63) is 35.4 Å². The number of hydrogen-bond donors (Lipinski definition) is 1. The fourth-order valence-corrected chi connectivity index (χ4v) is 2.61. The van der Waals surface area contributed by atoms with Gasteiger partial charge >= 0.3 is 0 Å². The summed E-state index contributed by atoms with van der Waals surface area (Å²) in [5, 5.41) is 8.69. The number of nitrogens with two attached hydrogens (primary N) is 1. The molecule has 0 aromatic heterocycles. The zero-order valence-electron chi connectivity index (χ0n) is 9.34. The number of nitrogens with zero attached hydrogens (tertiary/aromatic N) is 2. The third-order valence-corrected chi connectivity index (χ3v) is 3.81. The van der Waals surface area contributed by atoms with E-state index in [1.807, 2.05) is 11.0 Å². The van der Waals surface area contributed by atoms with Crippen LogP contribution in [0, 0.1) is 23.2 Å². The van der Waals surface area contributed by atoms with Crippen molar-refractivity contribution in [1.29, 1.82) is 5.26 Å². The van der Waals surface area contributed by atoms with E-state index in [4.69, 9.17) is 11.0 Å². The highest BCUT2D eigenvalue weighted by atomic mass is 16.2. The zero-order chi connectivity index (χ0) is 12.0. The average molecular weight is 227 g/mol. The first-order valence-electron chi connectivity index (χ1n) is 5.75. The molecule has 1 aliphatic heterocycles. The first-order valence-corrected chi connectivity index (χ1v) is 5.75. The average Bonchev–Trinajstić information content (AvgIpc) is 2.82. The standard InChI is InChI=1S/C13H13N3O/c14-5-8-1-3-9(4-2-8)13(17)16-6-10-11(7-16)12(10)15/h1-4,10-12H,6-7,15H2. The SMILES string of the molecule is N#Cc1ccc(C(=O)N2CC3C(N)C3C2)cc1. The molecule has 1 saturated heterocycles. The molecule has 1 aliphatic carbocycles. The second kappa shape index (κ2) is 3.57. The minimum absolute atomic E-state index is 0.0499. The van der Waals surface area contributed by atoms with Crippen LogP contribution >= 0.6 is 0 Å². The molecule has 1 aromatic carbocycles. The fourth-order valence-electron chi connectivity index (χ4n) is 2.61. The van der Waals surface area contributed by atoms with Gasteiger partial charge in [0.05, 0.1) is 11.6 Å². The van der Waals surface area contributed by atoms with E-state index in [0.717, 1.165) is 13.1 Å². The highest BCUT2D eigenvalue weighted by Crippen LogP contribution is 2.44. The van der Waals surface area contributed by atoms with Crippen LogP contribution in [0.2, 0.25) is 0 Å². The maximum atomic E-state index is 12.1. The molecule has 4 heteroatoms. The molecule has 1 aromatic rings. The van der Waals surface area contributed by atoms with E-state index < -0.39 is 0 Å². The topological polar surface area (TPSA) is 70.1 Å². The molecule has 17 heavy (non-hydrogen) atoms. The van der Waals surface area contributed by atoms with Crippen molar-refractivity contribution in [2.75, 3.05) is 13.1 Å². The van der Waals surface area contributed by atoms with Crippen LogP contribution in [0.3, 0.4) is 0 Å². The molecule has 1 heterocycles. The summed E-state index contributed by atoms with van der Waals surface area (Å²) in [4.78, 5) is 14.0. The largest absolute Gasteiger partial charge is 0.338 e. The lowest BCUT2D eigenvalue weighted by Crippen LogP contribution is -2.33. The smallest absolute Gasteiger partial charge is 0.253 e. The van der Waals surface area contributed by atoms with Gasteiger partial charge in [0.1, 0.15) is 0 Å². The molecule has 2 atom stereocenters. The normalized spacial score (nSPS) is 29.6. The molecule has 3 rings (SSSR count). The van der Waals surface area contributed by atoms with E-state index in [9.17, 15) is 4.79 Å². The summed E-state index contributed by atoms with van der Waals surface area (Å²) in [6, 6.07) is 9.13. The Hall–Kier alpha value is -1.86. The van der Waals surface area contributed by atoms with Gasteiger partial charge in [-0.25, -0.2) is 0 Å². The van der Waals surface area contributed by atoms with Crippen molar-refractivity contribution in [1.82, 2.24) is 4.90 Å². The van der Waals surface area contributed by atoms with Gasteiger partial charge in [0.2, 0.25) is 0 Å². The zero-order valence-corrected chi connectivity index (χ0v) is 9.34. The number of fused-ring (bicyclic) bond motifs is 1. The fraction of sp³-hybridized carbons (Fsp3) is 0.385. The third kappa shape index (κ3) is 1.60. The molecule has 2 N–H and O–H groups in total. The van der Waals surface area contributed by atoms with Crippen LogP contribution in [0.15, 0.2) is 24.3 Å².